The highest BCUT2D eigenvalue weighted by Gasteiger charge is 2.49. The van der Waals surface area contributed by atoms with Gasteiger partial charge in [0.05, 0.1) is 37.9 Å². The predicted octanol–water partition coefficient (Wildman–Crippen LogP) is 7.11. The van der Waals surface area contributed by atoms with Crippen LogP contribution in [0.4, 0.5) is 56.6 Å². The van der Waals surface area contributed by atoms with Crippen LogP contribution in [0.2, 0.25) is 0 Å². The van der Waals surface area contributed by atoms with Gasteiger partial charge >= 0.3 is 34.1 Å². The molecule has 6 aliphatic heterocycles. The van der Waals surface area contributed by atoms with E-state index >= 15 is 0 Å². The molecular formula is C43H45F9N6O8S. The number of halogens is 9. The van der Waals surface area contributed by atoms with Crippen LogP contribution in [0, 0.1) is 26.2 Å². The molecule has 6 aliphatic rings. The number of anilines is 3. The molecule has 3 atom stereocenters. The lowest BCUT2D eigenvalue weighted by molar-refractivity contribution is -0.485. The SMILES string of the molecule is Cc1cc2c3c(c1)C/C(=N\OOC(F)(F)F)N3C(CO)CC2.Cc1cc2c3c(c1)CC(=N)N3C(CO)CC2.Cc1cc2c3c(c1)CC(=NC(=O)C(F)(F)F)N3C(COS(=O)(=O)C(F)(F)F)CC2. The molecule has 3 aromatic carbocycles. The van der Waals surface area contributed by atoms with E-state index < -0.39 is 46.7 Å². The van der Waals surface area contributed by atoms with Gasteiger partial charge in [0, 0.05) is 36.3 Å². The summed E-state index contributed by atoms with van der Waals surface area (Å²) in [5.74, 6) is -1.72. The zero-order valence-corrected chi connectivity index (χ0v) is 36.9. The van der Waals surface area contributed by atoms with Crippen molar-refractivity contribution in [3.63, 3.8) is 0 Å². The first-order chi connectivity index (χ1) is 31.3. The summed E-state index contributed by atoms with van der Waals surface area (Å²) in [5.41, 5.74) is 6.09. The van der Waals surface area contributed by atoms with Crippen molar-refractivity contribution in [3.05, 3.63) is 86.5 Å². The molecule has 67 heavy (non-hydrogen) atoms. The van der Waals surface area contributed by atoms with Crippen molar-refractivity contribution in [2.75, 3.05) is 34.5 Å². The maximum absolute atomic E-state index is 12.6. The molecule has 0 fully saturated rings. The van der Waals surface area contributed by atoms with E-state index in [-0.39, 0.29) is 44.0 Å². The molecule has 3 N–H and O–H groups in total. The lowest BCUT2D eigenvalue weighted by Gasteiger charge is -2.35. The first-order valence-corrected chi connectivity index (χ1v) is 22.4. The number of oxime groups is 1. The molecule has 0 saturated heterocycles. The number of hydrogen-bond acceptors (Lipinski definition) is 10. The Kier molecular flexibility index (Phi) is 13.8. The van der Waals surface area contributed by atoms with Crippen molar-refractivity contribution < 1.29 is 77.0 Å². The number of aliphatic hydroxyl groups excluding tert-OH is 2. The van der Waals surface area contributed by atoms with Crippen molar-refractivity contribution in [3.8, 4) is 0 Å². The molecule has 0 spiro atoms. The summed E-state index contributed by atoms with van der Waals surface area (Å²) in [6, 6.07) is 10.7. The number of amidine groups is 3. The van der Waals surface area contributed by atoms with Crippen molar-refractivity contribution in [1.82, 2.24) is 0 Å². The summed E-state index contributed by atoms with van der Waals surface area (Å²) in [6.45, 7) is 4.94. The lowest BCUT2D eigenvalue weighted by atomic mass is 9.94. The Morgan fingerprint density at radius 1 is 0.672 bits per heavy atom. The third-order valence-electron chi connectivity index (χ3n) is 12.1. The average Bonchev–Trinajstić information content (AvgIpc) is 3.89. The van der Waals surface area contributed by atoms with Gasteiger partial charge < -0.3 is 24.9 Å². The standard InChI is InChI=1S/C16H14F6N2O4S.C14H15F3N2O3.C13H16N2O/c1-8-4-9-2-3-11(7-28-29(26,27)16(20,21)22)24-12(6-10(5-8)13(9)24)23-14(25)15(17,18)19;1-8-4-9-2-3-11(7-20)19-12(6-10(5-8)13(9)19)18-22-21-14(15,16)17;1-8-4-9-2-3-11(7-16)15-12(14)6-10(5-8)13(9)15/h4-5,11H,2-3,6-7H2,1H3;4-5,11,20H,2-3,6-7H2,1H3;4-5,11,14,16H,2-3,6-7H2,1H3/b;18-12+;. The number of aryl methyl sites for hydroxylation is 6. The zero-order valence-electron chi connectivity index (χ0n) is 36.1. The summed E-state index contributed by atoms with van der Waals surface area (Å²) in [7, 11) is -5.87. The van der Waals surface area contributed by atoms with Crippen molar-refractivity contribution in [1.29, 1.82) is 5.41 Å². The minimum atomic E-state index is -5.87. The van der Waals surface area contributed by atoms with Gasteiger partial charge in [-0.05, 0) is 97.8 Å². The molecule has 364 valence electrons. The number of nitrogens with zero attached hydrogens (tertiary/aromatic N) is 5. The summed E-state index contributed by atoms with van der Waals surface area (Å²) in [6.07, 6.45) is -5.25. The third-order valence-corrected chi connectivity index (χ3v) is 13.1. The van der Waals surface area contributed by atoms with Gasteiger partial charge in [0.25, 0.3) is 0 Å². The van der Waals surface area contributed by atoms with Gasteiger partial charge in [-0.1, -0.05) is 58.0 Å². The number of carbonyl (C=O) groups is 1. The van der Waals surface area contributed by atoms with E-state index in [0.717, 1.165) is 59.2 Å². The van der Waals surface area contributed by atoms with E-state index in [9.17, 15) is 62.9 Å². The largest absolute Gasteiger partial charge is 0.560 e. The fourth-order valence-electron chi connectivity index (χ4n) is 9.61. The van der Waals surface area contributed by atoms with Gasteiger partial charge in [-0.2, -0.15) is 39.8 Å². The maximum Gasteiger partial charge on any atom is 0.560 e. The van der Waals surface area contributed by atoms with Crippen LogP contribution < -0.4 is 14.7 Å². The molecule has 6 heterocycles. The van der Waals surface area contributed by atoms with E-state index in [1.165, 1.54) is 27.3 Å². The number of nitrogens with one attached hydrogen (secondary N) is 1. The second-order valence-electron chi connectivity index (χ2n) is 17.0. The zero-order chi connectivity index (χ0) is 49.0. The first kappa shape index (κ1) is 49.6. The summed E-state index contributed by atoms with van der Waals surface area (Å²) in [5, 5.41) is 30.4. The van der Waals surface area contributed by atoms with E-state index in [1.807, 2.05) is 17.9 Å². The van der Waals surface area contributed by atoms with Gasteiger partial charge in [0.15, 0.2) is 5.84 Å². The van der Waals surface area contributed by atoms with E-state index in [4.69, 9.17) is 5.41 Å². The van der Waals surface area contributed by atoms with Crippen LogP contribution in [-0.4, -0.2) is 98.0 Å². The molecule has 0 aliphatic carbocycles. The highest BCUT2D eigenvalue weighted by atomic mass is 32.2. The van der Waals surface area contributed by atoms with Crippen LogP contribution in [0.5, 0.6) is 0 Å². The quantitative estimate of drug-likeness (QED) is 0.0723. The first-order valence-electron chi connectivity index (χ1n) is 21.0. The van der Waals surface area contributed by atoms with Crippen LogP contribution in [-0.2, 0) is 67.5 Å². The molecule has 0 aromatic heterocycles. The Morgan fingerprint density at radius 3 is 1.55 bits per heavy atom. The summed E-state index contributed by atoms with van der Waals surface area (Å²) < 4.78 is 138. The fraction of sp³-hybridized carbons (Fsp3) is 0.488. The van der Waals surface area contributed by atoms with Gasteiger partial charge in [0.2, 0.25) is 0 Å². The topological polar surface area (TPSA) is 178 Å². The highest BCUT2D eigenvalue weighted by molar-refractivity contribution is 7.87. The Bertz CT molecular complexity index is 2620. The molecular weight excluding hydrogens is 932 g/mol. The summed E-state index contributed by atoms with van der Waals surface area (Å²) in [4.78, 5) is 26.7. The Labute approximate surface area is 378 Å². The van der Waals surface area contributed by atoms with Crippen LogP contribution in [0.15, 0.2) is 46.5 Å². The van der Waals surface area contributed by atoms with Gasteiger partial charge in [0.1, 0.15) is 11.7 Å². The molecule has 0 radical (unpaired) electrons. The lowest BCUT2D eigenvalue weighted by Crippen LogP contribution is -2.45. The van der Waals surface area contributed by atoms with Crippen LogP contribution in [0.1, 0.15) is 69.3 Å². The van der Waals surface area contributed by atoms with E-state index in [2.05, 4.69) is 49.3 Å². The Morgan fingerprint density at radius 2 is 1.09 bits per heavy atom. The number of carbonyl (C=O) groups excluding carboxylic acids is 1. The molecule has 3 unspecified atom stereocenters. The monoisotopic (exact) mass is 976 g/mol. The maximum atomic E-state index is 12.6. The molecule has 3 aromatic rings. The van der Waals surface area contributed by atoms with E-state index in [0.29, 0.717) is 42.2 Å². The van der Waals surface area contributed by atoms with Crippen LogP contribution in [0.3, 0.4) is 0 Å². The van der Waals surface area contributed by atoms with Gasteiger partial charge in [-0.3, -0.25) is 14.4 Å². The van der Waals surface area contributed by atoms with Gasteiger partial charge in [-0.25, -0.2) is 4.99 Å². The van der Waals surface area contributed by atoms with Crippen molar-refractivity contribution >= 4 is 50.6 Å². The minimum Gasteiger partial charge on any atom is -0.394 e. The van der Waals surface area contributed by atoms with Crippen molar-refractivity contribution in [2.24, 2.45) is 10.1 Å². The Hall–Kier alpha value is -5.30. The number of aliphatic imine (C=N–C) groups is 1. The average molecular weight is 977 g/mol. The van der Waals surface area contributed by atoms with Crippen LogP contribution in [0.25, 0.3) is 0 Å². The number of alkyl halides is 9. The smallest absolute Gasteiger partial charge is 0.394 e. The molecule has 1 amide bonds. The van der Waals surface area contributed by atoms with Gasteiger partial charge in [-0.15, -0.1) is 13.2 Å². The summed E-state index contributed by atoms with van der Waals surface area (Å²) >= 11 is 0. The van der Waals surface area contributed by atoms with E-state index in [1.54, 1.807) is 24.0 Å². The molecule has 0 bridgehead atoms. The number of hydrogen-bond donors (Lipinski definition) is 3. The molecule has 9 rings (SSSR count). The third kappa shape index (κ3) is 10.4. The van der Waals surface area contributed by atoms with Crippen molar-refractivity contribution in [2.45, 2.75) is 115 Å². The fourth-order valence-corrected chi connectivity index (χ4v) is 10.1. The second-order valence-corrected chi connectivity index (χ2v) is 18.6. The number of amides is 1. The Balaban J connectivity index is 0.000000155. The highest BCUT2D eigenvalue weighted by Crippen LogP contribution is 2.43. The second kappa shape index (κ2) is 18.7. The normalized spacial score (nSPS) is 21.7. The molecule has 24 heteroatoms. The minimum absolute atomic E-state index is 0.0997. The number of benzene rings is 3. The van der Waals surface area contributed by atoms with Crippen LogP contribution >= 0.6 is 0 Å². The predicted molar refractivity (Wildman–Crippen MR) is 225 cm³/mol. The molecule has 0 saturated carbocycles. The molecule has 14 nitrogen and oxygen atoms in total. The number of aliphatic hydroxyl groups is 2. The number of rotatable bonds is 7.